The molecule has 0 aliphatic carbocycles. The van der Waals surface area contributed by atoms with Crippen LogP contribution in [0.1, 0.15) is 12.8 Å². The molecule has 1 fully saturated rings. The van der Waals surface area contributed by atoms with Crippen molar-refractivity contribution in [1.82, 2.24) is 10.2 Å². The zero-order valence-corrected chi connectivity index (χ0v) is 18.4. The van der Waals surface area contributed by atoms with Gasteiger partial charge in [0.2, 0.25) is 5.91 Å². The highest BCUT2D eigenvalue weighted by molar-refractivity contribution is 5.93. The third-order valence-electron chi connectivity index (χ3n) is 5.51. The van der Waals surface area contributed by atoms with Crippen LogP contribution in [0.5, 0.6) is 11.5 Å². The van der Waals surface area contributed by atoms with E-state index in [1.54, 1.807) is 7.11 Å². The van der Waals surface area contributed by atoms with E-state index in [2.05, 4.69) is 20.3 Å². The lowest BCUT2D eigenvalue weighted by atomic mass is 9.97. The highest BCUT2D eigenvalue weighted by Crippen LogP contribution is 2.29. The van der Waals surface area contributed by atoms with E-state index in [1.165, 1.54) is 12.1 Å². The maximum Gasteiger partial charge on any atom is 0.573 e. The Morgan fingerprint density at radius 1 is 1.06 bits per heavy atom. The highest BCUT2D eigenvalue weighted by atomic mass is 19.4. The van der Waals surface area contributed by atoms with E-state index in [1.807, 2.05) is 41.3 Å². The fourth-order valence-corrected chi connectivity index (χ4v) is 3.88. The zero-order chi connectivity index (χ0) is 24.1. The average molecular weight is 472 g/mol. The Morgan fingerprint density at radius 2 is 1.82 bits per heavy atom. The number of aromatic nitrogens is 2. The van der Waals surface area contributed by atoms with Crippen molar-refractivity contribution in [2.75, 3.05) is 30.4 Å². The van der Waals surface area contributed by atoms with Crippen molar-refractivity contribution in [2.45, 2.75) is 19.2 Å². The lowest BCUT2D eigenvalue weighted by Crippen LogP contribution is -2.41. The Balaban J connectivity index is 1.38. The van der Waals surface area contributed by atoms with Gasteiger partial charge in [-0.3, -0.25) is 4.79 Å². The number of alkyl halides is 3. The molecule has 0 radical (unpaired) electrons. The first-order valence-electron chi connectivity index (χ1n) is 10.7. The van der Waals surface area contributed by atoms with Gasteiger partial charge in [-0.2, -0.15) is 0 Å². The molecule has 1 unspecified atom stereocenters. The number of amides is 1. The number of benzene rings is 2. The van der Waals surface area contributed by atoms with Crippen LogP contribution in [0, 0.1) is 5.92 Å². The van der Waals surface area contributed by atoms with Gasteiger partial charge in [0.1, 0.15) is 11.5 Å². The molecule has 0 bridgehead atoms. The minimum atomic E-state index is -4.76. The van der Waals surface area contributed by atoms with Crippen LogP contribution in [0.4, 0.5) is 24.7 Å². The summed E-state index contributed by atoms with van der Waals surface area (Å²) in [5.41, 5.74) is 1.93. The maximum atomic E-state index is 12.8. The normalized spacial score (nSPS) is 16.1. The average Bonchev–Trinajstić information content (AvgIpc) is 2.84. The number of methoxy groups -OCH3 is 1. The number of carbonyl (C=O) groups excluding carboxylic acids is 1. The molecule has 1 amide bonds. The Labute approximate surface area is 194 Å². The second kappa shape index (κ2) is 9.98. The van der Waals surface area contributed by atoms with Crippen LogP contribution in [0.2, 0.25) is 0 Å². The topological polar surface area (TPSA) is 76.6 Å². The van der Waals surface area contributed by atoms with Gasteiger partial charge in [0, 0.05) is 24.3 Å². The Bertz CT molecular complexity index is 1120. The summed E-state index contributed by atoms with van der Waals surface area (Å²) in [6.07, 6.45) is -3.26. The number of hydrogen-bond donors (Lipinski definition) is 1. The van der Waals surface area contributed by atoms with Crippen molar-refractivity contribution >= 4 is 17.4 Å². The summed E-state index contributed by atoms with van der Waals surface area (Å²) in [6.45, 7) is 1.21. The van der Waals surface area contributed by atoms with Crippen molar-refractivity contribution in [2.24, 2.45) is 5.92 Å². The largest absolute Gasteiger partial charge is 0.573 e. The molecule has 2 aromatic carbocycles. The molecule has 34 heavy (non-hydrogen) atoms. The van der Waals surface area contributed by atoms with Crippen LogP contribution >= 0.6 is 0 Å². The number of piperidine rings is 1. The van der Waals surface area contributed by atoms with Crippen molar-refractivity contribution in [1.29, 1.82) is 0 Å². The number of nitrogens with zero attached hydrogens (tertiary/aromatic N) is 3. The first-order chi connectivity index (χ1) is 16.3. The van der Waals surface area contributed by atoms with Crippen LogP contribution in [0.15, 0.2) is 60.7 Å². The molecule has 1 aliphatic rings. The molecule has 1 atom stereocenters. The van der Waals surface area contributed by atoms with Gasteiger partial charge in [-0.05, 0) is 61.4 Å². The molecule has 7 nitrogen and oxygen atoms in total. The van der Waals surface area contributed by atoms with E-state index in [0.717, 1.165) is 30.7 Å². The fraction of sp³-hybridized carbons (Fsp3) is 0.292. The number of hydrogen-bond acceptors (Lipinski definition) is 6. The number of para-hydroxylation sites is 1. The van der Waals surface area contributed by atoms with Gasteiger partial charge in [0.15, 0.2) is 5.82 Å². The van der Waals surface area contributed by atoms with E-state index < -0.39 is 6.36 Å². The molecular formula is C24H23F3N4O3. The van der Waals surface area contributed by atoms with E-state index >= 15 is 0 Å². The van der Waals surface area contributed by atoms with Crippen molar-refractivity contribution in [3.63, 3.8) is 0 Å². The summed E-state index contributed by atoms with van der Waals surface area (Å²) in [4.78, 5) is 14.8. The van der Waals surface area contributed by atoms with Gasteiger partial charge in [0.25, 0.3) is 0 Å². The summed E-state index contributed by atoms with van der Waals surface area (Å²) in [6, 6.07) is 16.4. The monoisotopic (exact) mass is 472 g/mol. The van der Waals surface area contributed by atoms with E-state index in [4.69, 9.17) is 4.74 Å². The molecule has 10 heteroatoms. The first-order valence-corrected chi connectivity index (χ1v) is 10.7. The summed E-state index contributed by atoms with van der Waals surface area (Å²) < 4.78 is 46.1. The predicted molar refractivity (Wildman–Crippen MR) is 121 cm³/mol. The molecular weight excluding hydrogens is 449 g/mol. The number of nitrogens with one attached hydrogen (secondary N) is 1. The first kappa shape index (κ1) is 23.3. The van der Waals surface area contributed by atoms with Gasteiger partial charge >= 0.3 is 6.36 Å². The van der Waals surface area contributed by atoms with Gasteiger partial charge in [-0.15, -0.1) is 23.4 Å². The maximum absolute atomic E-state index is 12.8. The Hall–Kier alpha value is -3.82. The molecule has 178 valence electrons. The van der Waals surface area contributed by atoms with Crippen LogP contribution in [0.3, 0.4) is 0 Å². The van der Waals surface area contributed by atoms with Crippen LogP contribution in [-0.2, 0) is 4.79 Å². The Kier molecular flexibility index (Phi) is 6.85. The minimum Gasteiger partial charge on any atom is -0.496 e. The van der Waals surface area contributed by atoms with Crippen LogP contribution in [0.25, 0.3) is 11.3 Å². The minimum absolute atomic E-state index is 0.201. The van der Waals surface area contributed by atoms with Gasteiger partial charge in [-0.1, -0.05) is 12.1 Å². The van der Waals surface area contributed by atoms with Crippen molar-refractivity contribution in [3.8, 4) is 22.8 Å². The molecule has 1 aromatic heterocycles. The van der Waals surface area contributed by atoms with Crippen molar-refractivity contribution < 1.29 is 27.4 Å². The SMILES string of the molecule is COc1ccccc1-c1ccc(N2CCCC(C(=O)Nc3ccc(OC(F)(F)F)cc3)C2)nn1. The fourth-order valence-electron chi connectivity index (χ4n) is 3.88. The molecule has 1 saturated heterocycles. The van der Waals surface area contributed by atoms with E-state index in [-0.39, 0.29) is 17.6 Å². The third-order valence-corrected chi connectivity index (χ3v) is 5.51. The highest BCUT2D eigenvalue weighted by Gasteiger charge is 2.31. The second-order valence-corrected chi connectivity index (χ2v) is 7.82. The lowest BCUT2D eigenvalue weighted by molar-refractivity contribution is -0.274. The molecule has 0 spiro atoms. The van der Waals surface area contributed by atoms with Crippen molar-refractivity contribution in [3.05, 3.63) is 60.7 Å². The Morgan fingerprint density at radius 3 is 2.50 bits per heavy atom. The molecule has 0 saturated carbocycles. The van der Waals surface area contributed by atoms with Gasteiger partial charge in [-0.25, -0.2) is 0 Å². The zero-order valence-electron chi connectivity index (χ0n) is 18.4. The quantitative estimate of drug-likeness (QED) is 0.550. The van der Waals surface area contributed by atoms with E-state index in [9.17, 15) is 18.0 Å². The lowest BCUT2D eigenvalue weighted by Gasteiger charge is -2.32. The summed E-state index contributed by atoms with van der Waals surface area (Å²) >= 11 is 0. The molecule has 2 heterocycles. The number of rotatable bonds is 6. The second-order valence-electron chi connectivity index (χ2n) is 7.82. The van der Waals surface area contributed by atoms with E-state index in [0.29, 0.717) is 35.9 Å². The van der Waals surface area contributed by atoms with Gasteiger partial charge < -0.3 is 19.7 Å². The number of carbonyl (C=O) groups is 1. The third kappa shape index (κ3) is 5.75. The van der Waals surface area contributed by atoms with Crippen LogP contribution < -0.4 is 19.7 Å². The molecule has 1 aliphatic heterocycles. The predicted octanol–water partition coefficient (Wildman–Crippen LogP) is 4.91. The molecule has 3 aromatic rings. The smallest absolute Gasteiger partial charge is 0.496 e. The summed E-state index contributed by atoms with van der Waals surface area (Å²) in [7, 11) is 1.60. The molecule has 4 rings (SSSR count). The summed E-state index contributed by atoms with van der Waals surface area (Å²) in [5.74, 6) is 0.537. The number of halogens is 3. The standard InChI is InChI=1S/C24H23F3N4O3/c1-33-21-7-3-2-6-19(21)20-12-13-22(30-29-20)31-14-4-5-16(15-31)23(32)28-17-8-10-18(11-9-17)34-24(25,26)27/h2-3,6-13,16H,4-5,14-15H2,1H3,(H,28,32). The van der Waals surface area contributed by atoms with Gasteiger partial charge in [0.05, 0.1) is 18.7 Å². The van der Waals surface area contributed by atoms with Crippen LogP contribution in [-0.4, -0.2) is 42.7 Å². The molecule has 1 N–H and O–H groups in total. The number of ether oxygens (including phenoxy) is 2. The summed E-state index contributed by atoms with van der Waals surface area (Å²) in [5, 5.41) is 11.5. The number of anilines is 2.